The number of hydrogen-bond donors (Lipinski definition) is 1. The van der Waals surface area contributed by atoms with Crippen LogP contribution in [0.3, 0.4) is 0 Å². The first-order valence-electron chi connectivity index (χ1n) is 8.69. The van der Waals surface area contributed by atoms with Gasteiger partial charge in [-0.25, -0.2) is 4.39 Å². The molecule has 2 heterocycles. The summed E-state index contributed by atoms with van der Waals surface area (Å²) in [5, 5.41) is 10.3. The average molecular weight is 415 g/mol. The molecule has 3 aromatic rings. The van der Waals surface area contributed by atoms with E-state index in [0.29, 0.717) is 10.5 Å². The Morgan fingerprint density at radius 2 is 2.10 bits per heavy atom. The first-order chi connectivity index (χ1) is 14.0. The maximum absolute atomic E-state index is 13.8. The van der Waals surface area contributed by atoms with Gasteiger partial charge in [0.25, 0.3) is 0 Å². The fourth-order valence-electron chi connectivity index (χ4n) is 2.77. The van der Waals surface area contributed by atoms with Crippen LogP contribution in [0.4, 0.5) is 4.39 Å². The zero-order valence-electron chi connectivity index (χ0n) is 15.5. The molecule has 0 saturated carbocycles. The van der Waals surface area contributed by atoms with Crippen LogP contribution in [0.2, 0.25) is 0 Å². The number of halogens is 1. The van der Waals surface area contributed by atoms with Crippen LogP contribution in [0, 0.1) is 5.82 Å². The number of hydrogen-bond acceptors (Lipinski definition) is 7. The van der Waals surface area contributed by atoms with Gasteiger partial charge in [-0.3, -0.25) is 14.6 Å². The Kier molecular flexibility index (Phi) is 6.66. The van der Waals surface area contributed by atoms with Crippen molar-refractivity contribution in [2.24, 2.45) is 0 Å². The summed E-state index contributed by atoms with van der Waals surface area (Å²) in [6.07, 6.45) is 2.94. The molecular weight excluding hydrogens is 397 g/mol. The predicted molar refractivity (Wildman–Crippen MR) is 105 cm³/mol. The molecule has 1 atom stereocenters. The molecule has 0 aliphatic rings. The van der Waals surface area contributed by atoms with E-state index < -0.39 is 23.1 Å². The molecule has 29 heavy (non-hydrogen) atoms. The summed E-state index contributed by atoms with van der Waals surface area (Å²) in [7, 11) is 1.25. The highest BCUT2D eigenvalue weighted by atomic mass is 32.2. The lowest BCUT2D eigenvalue weighted by Gasteiger charge is -2.17. The number of ether oxygens (including phenoxy) is 1. The van der Waals surface area contributed by atoms with Gasteiger partial charge in [-0.05, 0) is 23.8 Å². The third-order valence-electron chi connectivity index (χ3n) is 4.21. The van der Waals surface area contributed by atoms with Gasteiger partial charge in [0.2, 0.25) is 11.2 Å². The van der Waals surface area contributed by atoms with Crippen molar-refractivity contribution in [2.45, 2.75) is 23.0 Å². The molecule has 150 valence electrons. The summed E-state index contributed by atoms with van der Waals surface area (Å²) in [4.78, 5) is 28.6. The molecule has 0 aliphatic carbocycles. The minimum Gasteiger partial charge on any atom is -0.502 e. The van der Waals surface area contributed by atoms with Crippen molar-refractivity contribution in [2.75, 3.05) is 7.11 Å². The Hall–Kier alpha value is -3.13. The molecule has 6 nitrogen and oxygen atoms in total. The quantitative estimate of drug-likeness (QED) is 0.463. The summed E-state index contributed by atoms with van der Waals surface area (Å²) in [5.74, 6) is -1.90. The van der Waals surface area contributed by atoms with Gasteiger partial charge < -0.3 is 14.3 Å². The van der Waals surface area contributed by atoms with Crippen LogP contribution >= 0.6 is 11.8 Å². The number of methoxy groups -OCH3 is 1. The van der Waals surface area contributed by atoms with Gasteiger partial charge in [-0.2, -0.15) is 0 Å². The van der Waals surface area contributed by atoms with Crippen LogP contribution in [-0.2, 0) is 15.3 Å². The van der Waals surface area contributed by atoms with Crippen LogP contribution in [-0.4, -0.2) is 23.2 Å². The van der Waals surface area contributed by atoms with Gasteiger partial charge in [0, 0.05) is 23.4 Å². The van der Waals surface area contributed by atoms with Crippen molar-refractivity contribution in [3.8, 4) is 5.75 Å². The number of pyridine rings is 1. The van der Waals surface area contributed by atoms with Crippen molar-refractivity contribution in [1.29, 1.82) is 0 Å². The number of aromatic hydroxyl groups is 1. The fraction of sp³-hybridized carbons (Fsp3) is 0.190. The Morgan fingerprint density at radius 1 is 1.31 bits per heavy atom. The van der Waals surface area contributed by atoms with Crippen molar-refractivity contribution in [3.63, 3.8) is 0 Å². The highest BCUT2D eigenvalue weighted by Crippen LogP contribution is 2.34. The summed E-state index contributed by atoms with van der Waals surface area (Å²) in [6.45, 7) is 0. The van der Waals surface area contributed by atoms with E-state index in [9.17, 15) is 19.1 Å². The molecule has 2 aromatic heterocycles. The fourth-order valence-corrected chi connectivity index (χ4v) is 3.59. The van der Waals surface area contributed by atoms with E-state index in [1.165, 1.54) is 19.4 Å². The second-order valence-corrected chi connectivity index (χ2v) is 7.15. The SMILES string of the molecule is COC(=O)C[C@H](c1cccnc1)c1oc(CSc2ccccc2F)cc(=O)c1O. The van der Waals surface area contributed by atoms with E-state index >= 15 is 0 Å². The molecule has 0 bridgehead atoms. The van der Waals surface area contributed by atoms with Gasteiger partial charge in [0.15, 0.2) is 5.76 Å². The van der Waals surface area contributed by atoms with Crippen LogP contribution in [0.5, 0.6) is 5.75 Å². The predicted octanol–water partition coefficient (Wildman–Crippen LogP) is 3.87. The topological polar surface area (TPSA) is 89.6 Å². The summed E-state index contributed by atoms with van der Waals surface area (Å²) < 4.78 is 24.4. The lowest BCUT2D eigenvalue weighted by Crippen LogP contribution is -2.14. The zero-order chi connectivity index (χ0) is 20.8. The molecule has 1 N–H and O–H groups in total. The summed E-state index contributed by atoms with van der Waals surface area (Å²) in [5.41, 5.74) is -0.0654. The molecule has 0 spiro atoms. The Bertz CT molecular complexity index is 1050. The van der Waals surface area contributed by atoms with E-state index in [-0.39, 0.29) is 29.5 Å². The van der Waals surface area contributed by atoms with Gasteiger partial charge in [-0.1, -0.05) is 18.2 Å². The molecule has 1 aromatic carbocycles. The summed E-state index contributed by atoms with van der Waals surface area (Å²) >= 11 is 1.16. The zero-order valence-corrected chi connectivity index (χ0v) is 16.3. The standard InChI is InChI=1S/C21H18FNO5S/c1-27-19(25)10-15(13-5-4-8-23-11-13)21-20(26)17(24)9-14(28-21)12-29-18-7-3-2-6-16(18)22/h2-9,11,15,26H,10,12H2,1H3/t15-/m1/s1. The maximum Gasteiger partial charge on any atom is 0.306 e. The number of thioether (sulfide) groups is 1. The van der Waals surface area contributed by atoms with Crippen LogP contribution < -0.4 is 5.43 Å². The third kappa shape index (κ3) is 5.03. The molecule has 8 heteroatoms. The van der Waals surface area contributed by atoms with Gasteiger partial charge in [0.05, 0.1) is 25.2 Å². The molecule has 0 radical (unpaired) electrons. The Labute approximate surface area is 170 Å². The van der Waals surface area contributed by atoms with Gasteiger partial charge >= 0.3 is 5.97 Å². The number of carbonyl (C=O) groups excluding carboxylic acids is 1. The lowest BCUT2D eigenvalue weighted by atomic mass is 9.93. The number of aromatic nitrogens is 1. The van der Waals surface area contributed by atoms with Crippen LogP contribution in [0.1, 0.15) is 29.4 Å². The molecule has 0 fully saturated rings. The van der Waals surface area contributed by atoms with Crippen molar-refractivity contribution in [1.82, 2.24) is 4.98 Å². The number of rotatable bonds is 7. The second kappa shape index (κ2) is 9.38. The van der Waals surface area contributed by atoms with E-state index in [2.05, 4.69) is 4.98 Å². The minimum absolute atomic E-state index is 0.0555. The summed E-state index contributed by atoms with van der Waals surface area (Å²) in [6, 6.07) is 10.8. The monoisotopic (exact) mass is 415 g/mol. The first kappa shape index (κ1) is 20.6. The lowest BCUT2D eigenvalue weighted by molar-refractivity contribution is -0.140. The number of esters is 1. The van der Waals surface area contributed by atoms with E-state index in [1.807, 2.05) is 0 Å². The molecule has 0 unspecified atom stereocenters. The Morgan fingerprint density at radius 3 is 2.79 bits per heavy atom. The van der Waals surface area contributed by atoms with Crippen molar-refractivity contribution < 1.29 is 23.4 Å². The van der Waals surface area contributed by atoms with E-state index in [0.717, 1.165) is 17.8 Å². The molecule has 0 amide bonds. The minimum atomic E-state index is -0.762. The van der Waals surface area contributed by atoms with Crippen molar-refractivity contribution in [3.05, 3.63) is 88.0 Å². The number of carbonyl (C=O) groups is 1. The number of nitrogens with zero attached hydrogens (tertiary/aromatic N) is 1. The maximum atomic E-state index is 13.8. The smallest absolute Gasteiger partial charge is 0.306 e. The molecule has 3 rings (SSSR count). The molecule has 0 saturated heterocycles. The molecular formula is C21H18FNO5S. The second-order valence-electron chi connectivity index (χ2n) is 6.13. The average Bonchev–Trinajstić information content (AvgIpc) is 2.74. The van der Waals surface area contributed by atoms with Crippen molar-refractivity contribution >= 4 is 17.7 Å². The van der Waals surface area contributed by atoms with Crippen LogP contribution in [0.15, 0.2) is 69.0 Å². The van der Waals surface area contributed by atoms with E-state index in [1.54, 1.807) is 36.5 Å². The first-order valence-corrected chi connectivity index (χ1v) is 9.68. The van der Waals surface area contributed by atoms with Gasteiger partial charge in [0.1, 0.15) is 11.6 Å². The van der Waals surface area contributed by atoms with E-state index in [4.69, 9.17) is 9.15 Å². The van der Waals surface area contributed by atoms with Gasteiger partial charge in [-0.15, -0.1) is 11.8 Å². The Balaban J connectivity index is 1.96. The van der Waals surface area contributed by atoms with Crippen LogP contribution in [0.25, 0.3) is 0 Å². The molecule has 0 aliphatic heterocycles. The normalized spacial score (nSPS) is 11.8. The third-order valence-corrected chi connectivity index (χ3v) is 5.28. The highest BCUT2D eigenvalue weighted by Gasteiger charge is 2.26. The largest absolute Gasteiger partial charge is 0.502 e. The number of benzene rings is 1. The highest BCUT2D eigenvalue weighted by molar-refractivity contribution is 7.98.